The van der Waals surface area contributed by atoms with Crippen LogP contribution in [0.2, 0.25) is 0 Å². The van der Waals surface area contributed by atoms with Gasteiger partial charge >= 0.3 is 0 Å². The number of nitrogens with zero attached hydrogens (tertiary/aromatic N) is 1. The number of nitrogens with one attached hydrogen (secondary N) is 2. The summed E-state index contributed by atoms with van der Waals surface area (Å²) < 4.78 is 6.61. The van der Waals surface area contributed by atoms with E-state index in [2.05, 4.69) is 17.6 Å². The highest BCUT2D eigenvalue weighted by atomic mass is 16.5. The molecule has 6 atom stereocenters. The van der Waals surface area contributed by atoms with Crippen LogP contribution in [0.1, 0.15) is 52.0 Å². The number of carbonyl (C=O) groups excluding carboxylic acids is 3. The van der Waals surface area contributed by atoms with Gasteiger partial charge < -0.3 is 25.4 Å². The number of fused-ring (bicyclic) bond motifs is 1. The fraction of sp³-hybridized carbons (Fsp3) is 0.654. The Balaban J connectivity index is 1.61. The monoisotopic (exact) mass is 471 g/mol. The lowest BCUT2D eigenvalue weighted by Gasteiger charge is -2.36. The highest BCUT2D eigenvalue weighted by molar-refractivity contribution is 5.99. The normalized spacial score (nSPS) is 33.8. The predicted molar refractivity (Wildman–Crippen MR) is 126 cm³/mol. The van der Waals surface area contributed by atoms with Gasteiger partial charge in [-0.15, -0.1) is 0 Å². The Morgan fingerprint density at radius 1 is 1.18 bits per heavy atom. The molecule has 3 N–H and O–H groups in total. The second kappa shape index (κ2) is 9.66. The summed E-state index contributed by atoms with van der Waals surface area (Å²) in [5.41, 5.74) is -0.936. The number of hydrogen-bond acceptors (Lipinski definition) is 5. The Bertz CT molecular complexity index is 924. The van der Waals surface area contributed by atoms with Crippen LogP contribution in [0.3, 0.4) is 0 Å². The zero-order valence-corrected chi connectivity index (χ0v) is 20.4. The van der Waals surface area contributed by atoms with E-state index in [0.29, 0.717) is 19.5 Å². The highest BCUT2D eigenvalue weighted by Crippen LogP contribution is 2.65. The minimum absolute atomic E-state index is 0.00602. The van der Waals surface area contributed by atoms with Gasteiger partial charge in [-0.3, -0.25) is 14.4 Å². The zero-order valence-electron chi connectivity index (χ0n) is 20.4. The van der Waals surface area contributed by atoms with Crippen LogP contribution in [0.25, 0.3) is 0 Å². The lowest BCUT2D eigenvalue weighted by molar-refractivity contribution is -0.148. The first kappa shape index (κ1) is 24.7. The first-order chi connectivity index (χ1) is 16.3. The van der Waals surface area contributed by atoms with Crippen LogP contribution in [-0.2, 0) is 25.7 Å². The summed E-state index contributed by atoms with van der Waals surface area (Å²) in [6.45, 7) is 6.69. The average Bonchev–Trinajstić information content (AvgIpc) is 3.33. The summed E-state index contributed by atoms with van der Waals surface area (Å²) >= 11 is 0. The summed E-state index contributed by atoms with van der Waals surface area (Å²) in [6.07, 6.45) is 3.43. The van der Waals surface area contributed by atoms with Gasteiger partial charge in [-0.25, -0.2) is 0 Å². The maximum atomic E-state index is 13.7. The first-order valence-corrected chi connectivity index (χ1v) is 12.5. The molecule has 3 saturated heterocycles. The number of aliphatic hydroxyl groups excluding tert-OH is 1. The molecular formula is C26H37N3O5. The Hall–Kier alpha value is -2.45. The van der Waals surface area contributed by atoms with E-state index in [1.165, 1.54) is 4.90 Å². The van der Waals surface area contributed by atoms with E-state index >= 15 is 0 Å². The van der Waals surface area contributed by atoms with Crippen molar-refractivity contribution in [2.24, 2.45) is 17.8 Å². The SMILES string of the molecule is CCCCCNC(=O)C1N(CCO)C(=O)[C@@H]2[C@@H](C(=O)NCc3ccccc3)[C@]3(C)OC12CC3C. The molecule has 8 heteroatoms. The van der Waals surface area contributed by atoms with Crippen LogP contribution >= 0.6 is 0 Å². The van der Waals surface area contributed by atoms with E-state index in [9.17, 15) is 19.5 Å². The molecule has 4 rings (SSSR count). The fourth-order valence-corrected chi connectivity index (χ4v) is 6.37. The third-order valence-electron chi connectivity index (χ3n) is 8.08. The van der Waals surface area contributed by atoms with Gasteiger partial charge in [0.25, 0.3) is 0 Å². The number of ether oxygens (including phenoxy) is 1. The maximum absolute atomic E-state index is 13.7. The third-order valence-corrected chi connectivity index (χ3v) is 8.08. The smallest absolute Gasteiger partial charge is 0.245 e. The van der Waals surface area contributed by atoms with E-state index in [1.54, 1.807) is 0 Å². The van der Waals surface area contributed by atoms with E-state index in [-0.39, 0.29) is 36.8 Å². The van der Waals surface area contributed by atoms with Crippen molar-refractivity contribution in [1.29, 1.82) is 0 Å². The van der Waals surface area contributed by atoms with Crippen molar-refractivity contribution in [3.63, 3.8) is 0 Å². The molecular weight excluding hydrogens is 434 g/mol. The van der Waals surface area contributed by atoms with Gasteiger partial charge in [-0.05, 0) is 31.2 Å². The summed E-state index contributed by atoms with van der Waals surface area (Å²) in [5.74, 6) is -2.23. The van der Waals surface area contributed by atoms with Crippen LogP contribution in [-0.4, -0.2) is 64.7 Å². The fourth-order valence-electron chi connectivity index (χ4n) is 6.37. The van der Waals surface area contributed by atoms with Crippen LogP contribution in [0, 0.1) is 17.8 Å². The van der Waals surface area contributed by atoms with Crippen molar-refractivity contribution in [1.82, 2.24) is 15.5 Å². The standard InChI is InChI=1S/C26H37N3O5/c1-4-5-9-12-27-23(32)21-26-15-17(2)25(3,34-26)19(20(26)24(33)29(21)13-14-30)22(31)28-16-18-10-7-6-8-11-18/h6-8,10-11,17,19-21,30H,4-5,9,12-16H2,1-3H3,(H,27,32)(H,28,31)/t17?,19-,20-,21?,25+,26?/m0/s1. The Kier molecular flexibility index (Phi) is 7.01. The van der Waals surface area contributed by atoms with Gasteiger partial charge in [-0.1, -0.05) is 57.0 Å². The number of benzene rings is 1. The van der Waals surface area contributed by atoms with E-state index in [4.69, 9.17) is 4.74 Å². The Morgan fingerprint density at radius 3 is 2.59 bits per heavy atom. The molecule has 3 unspecified atom stereocenters. The van der Waals surface area contributed by atoms with Crippen molar-refractivity contribution in [3.05, 3.63) is 35.9 Å². The molecule has 1 aromatic rings. The molecule has 1 spiro atoms. The molecule has 0 aromatic heterocycles. The van der Waals surface area contributed by atoms with Crippen molar-refractivity contribution in [2.75, 3.05) is 19.7 Å². The van der Waals surface area contributed by atoms with Gasteiger partial charge in [0.2, 0.25) is 17.7 Å². The predicted octanol–water partition coefficient (Wildman–Crippen LogP) is 1.61. The van der Waals surface area contributed by atoms with Crippen molar-refractivity contribution < 1.29 is 24.2 Å². The quantitative estimate of drug-likeness (QED) is 0.450. The molecule has 0 aliphatic carbocycles. The van der Waals surface area contributed by atoms with Crippen LogP contribution in [0.4, 0.5) is 0 Å². The molecule has 0 radical (unpaired) electrons. The highest BCUT2D eigenvalue weighted by Gasteiger charge is 2.79. The van der Waals surface area contributed by atoms with Crippen LogP contribution in [0.5, 0.6) is 0 Å². The van der Waals surface area contributed by atoms with Gasteiger partial charge in [0.1, 0.15) is 11.6 Å². The second-order valence-corrected chi connectivity index (χ2v) is 10.2. The summed E-state index contributed by atoms with van der Waals surface area (Å²) in [5, 5.41) is 15.6. The number of β-amino-alcohol motifs (C(OH)–C–C–N with tert-alkyl or cyclic N) is 1. The zero-order chi connectivity index (χ0) is 24.5. The maximum Gasteiger partial charge on any atom is 0.245 e. The number of likely N-dealkylation sites (tertiary alicyclic amines) is 1. The second-order valence-electron chi connectivity index (χ2n) is 10.2. The van der Waals surface area contributed by atoms with Gasteiger partial charge in [0.05, 0.1) is 24.0 Å². The topological polar surface area (TPSA) is 108 Å². The molecule has 1 aromatic carbocycles. The minimum atomic E-state index is -1.07. The molecule has 0 saturated carbocycles. The number of carbonyl (C=O) groups is 3. The number of rotatable bonds is 10. The molecule has 2 bridgehead atoms. The van der Waals surface area contributed by atoms with E-state index in [0.717, 1.165) is 24.8 Å². The summed E-state index contributed by atoms with van der Waals surface area (Å²) in [4.78, 5) is 42.0. The van der Waals surface area contributed by atoms with E-state index in [1.807, 2.05) is 44.2 Å². The number of hydrogen-bond donors (Lipinski definition) is 3. The molecule has 3 fully saturated rings. The first-order valence-electron chi connectivity index (χ1n) is 12.5. The summed E-state index contributed by atoms with van der Waals surface area (Å²) in [6, 6.07) is 8.77. The molecule has 3 heterocycles. The lowest BCUT2D eigenvalue weighted by Crippen LogP contribution is -2.56. The largest absolute Gasteiger partial charge is 0.395 e. The van der Waals surface area contributed by atoms with E-state index < -0.39 is 29.1 Å². The summed E-state index contributed by atoms with van der Waals surface area (Å²) in [7, 11) is 0. The van der Waals surface area contributed by atoms with Crippen molar-refractivity contribution >= 4 is 17.7 Å². The van der Waals surface area contributed by atoms with Gasteiger partial charge in [-0.2, -0.15) is 0 Å². The van der Waals surface area contributed by atoms with Gasteiger partial charge in [0, 0.05) is 19.6 Å². The van der Waals surface area contributed by atoms with Crippen LogP contribution in [0.15, 0.2) is 30.3 Å². The molecule has 8 nitrogen and oxygen atoms in total. The van der Waals surface area contributed by atoms with Gasteiger partial charge in [0.15, 0.2) is 0 Å². The molecule has 186 valence electrons. The lowest BCUT2D eigenvalue weighted by atomic mass is 9.62. The number of aliphatic hydroxyl groups is 1. The Morgan fingerprint density at radius 2 is 1.91 bits per heavy atom. The molecule has 3 amide bonds. The minimum Gasteiger partial charge on any atom is -0.395 e. The third kappa shape index (κ3) is 3.90. The number of unbranched alkanes of at least 4 members (excludes halogenated alkanes) is 2. The average molecular weight is 472 g/mol. The van der Waals surface area contributed by atoms with Crippen LogP contribution < -0.4 is 10.6 Å². The van der Waals surface area contributed by atoms with Crippen molar-refractivity contribution in [3.8, 4) is 0 Å². The molecule has 34 heavy (non-hydrogen) atoms. The number of amides is 3. The Labute approximate surface area is 201 Å². The molecule has 3 aliphatic heterocycles. The molecule has 3 aliphatic rings. The van der Waals surface area contributed by atoms with Crippen molar-refractivity contribution in [2.45, 2.75) is 70.2 Å².